The summed E-state index contributed by atoms with van der Waals surface area (Å²) in [6, 6.07) is 12.4. The van der Waals surface area contributed by atoms with Crippen molar-refractivity contribution in [2.24, 2.45) is 0 Å². The van der Waals surface area contributed by atoms with Crippen molar-refractivity contribution in [1.29, 1.82) is 0 Å². The summed E-state index contributed by atoms with van der Waals surface area (Å²) in [5.74, 6) is 0.342. The lowest BCUT2D eigenvalue weighted by atomic mass is 9.98. The second-order valence-corrected chi connectivity index (χ2v) is 8.02. The summed E-state index contributed by atoms with van der Waals surface area (Å²) >= 11 is 0. The van der Waals surface area contributed by atoms with E-state index < -0.39 is 10.0 Å². The van der Waals surface area contributed by atoms with Gasteiger partial charge in [0, 0.05) is 12.6 Å². The Balaban J connectivity index is 1.55. The van der Waals surface area contributed by atoms with Crippen LogP contribution in [0.5, 0.6) is 5.75 Å². The highest BCUT2D eigenvalue weighted by molar-refractivity contribution is 7.89. The Morgan fingerprint density at radius 2 is 2.14 bits per heavy atom. The van der Waals surface area contributed by atoms with Crippen molar-refractivity contribution < 1.29 is 17.9 Å². The Bertz CT molecular complexity index is 1070. The summed E-state index contributed by atoms with van der Waals surface area (Å²) in [6.45, 7) is 0.717. The molecule has 4 rings (SSSR count). The van der Waals surface area contributed by atoms with Crippen LogP contribution in [-0.2, 0) is 21.2 Å². The lowest BCUT2D eigenvalue weighted by molar-refractivity contribution is 0.0460. The van der Waals surface area contributed by atoms with Gasteiger partial charge in [0.05, 0.1) is 24.7 Å². The van der Waals surface area contributed by atoms with E-state index in [1.165, 1.54) is 35.8 Å². The Hall–Kier alpha value is -2.82. The van der Waals surface area contributed by atoms with Gasteiger partial charge < -0.3 is 9.47 Å². The van der Waals surface area contributed by atoms with Gasteiger partial charge in [-0.1, -0.05) is 24.3 Å². The molecule has 0 saturated heterocycles. The smallest absolute Gasteiger partial charge is 0.240 e. The van der Waals surface area contributed by atoms with E-state index in [9.17, 15) is 8.42 Å². The monoisotopic (exact) mass is 401 g/mol. The number of aromatic nitrogens is 4. The van der Waals surface area contributed by atoms with E-state index >= 15 is 0 Å². The fourth-order valence-corrected chi connectivity index (χ4v) is 4.25. The molecule has 28 heavy (non-hydrogen) atoms. The maximum absolute atomic E-state index is 12.8. The number of nitrogens with one attached hydrogen (secondary N) is 1. The second-order valence-electron chi connectivity index (χ2n) is 6.25. The summed E-state index contributed by atoms with van der Waals surface area (Å²) in [5, 5.41) is 11.0. The van der Waals surface area contributed by atoms with E-state index in [0.717, 1.165) is 12.0 Å². The van der Waals surface area contributed by atoms with Crippen molar-refractivity contribution in [2.75, 3.05) is 20.3 Å². The van der Waals surface area contributed by atoms with Crippen molar-refractivity contribution in [2.45, 2.75) is 17.4 Å². The van der Waals surface area contributed by atoms with Crippen LogP contribution in [0.15, 0.2) is 53.7 Å². The van der Waals surface area contributed by atoms with E-state index in [-0.39, 0.29) is 17.5 Å². The number of hydrogen-bond acceptors (Lipinski definition) is 7. The number of nitrogens with zero attached hydrogens (tertiary/aromatic N) is 4. The molecule has 9 nitrogen and oxygen atoms in total. The summed E-state index contributed by atoms with van der Waals surface area (Å²) in [5.41, 5.74) is 2.74. The fourth-order valence-electron chi connectivity index (χ4n) is 3.20. The summed E-state index contributed by atoms with van der Waals surface area (Å²) in [6.07, 6.45) is 1.92. The predicted molar refractivity (Wildman–Crippen MR) is 99.7 cm³/mol. The summed E-state index contributed by atoms with van der Waals surface area (Å²) < 4.78 is 40.7. The molecule has 1 aliphatic rings. The topological polar surface area (TPSA) is 108 Å². The quantitative estimate of drug-likeness (QED) is 0.662. The highest BCUT2D eigenvalue weighted by Crippen LogP contribution is 2.28. The molecule has 0 bridgehead atoms. The first-order chi connectivity index (χ1) is 13.6. The Morgan fingerprint density at radius 3 is 2.93 bits per heavy atom. The van der Waals surface area contributed by atoms with Crippen molar-refractivity contribution in [3.63, 3.8) is 0 Å². The number of rotatable bonds is 6. The van der Waals surface area contributed by atoms with Gasteiger partial charge in [-0.2, -0.15) is 4.68 Å². The molecule has 0 saturated carbocycles. The average Bonchev–Trinajstić information content (AvgIpc) is 3.26. The highest BCUT2D eigenvalue weighted by atomic mass is 32.2. The van der Waals surface area contributed by atoms with Gasteiger partial charge in [-0.25, -0.2) is 13.1 Å². The first-order valence-corrected chi connectivity index (χ1v) is 10.2. The summed E-state index contributed by atoms with van der Waals surface area (Å²) in [4.78, 5) is 0.0882. The number of fused-ring (bicyclic) bond motifs is 1. The molecule has 0 fully saturated rings. The normalized spacial score (nSPS) is 16.5. The molecule has 0 spiro atoms. The van der Waals surface area contributed by atoms with Gasteiger partial charge in [0.1, 0.15) is 17.8 Å². The van der Waals surface area contributed by atoms with E-state index in [4.69, 9.17) is 9.47 Å². The molecule has 1 aromatic heterocycles. The van der Waals surface area contributed by atoms with Crippen molar-refractivity contribution in [1.82, 2.24) is 24.9 Å². The minimum absolute atomic E-state index is 0.0882. The van der Waals surface area contributed by atoms with E-state index in [2.05, 4.69) is 20.2 Å². The molecule has 0 aliphatic carbocycles. The van der Waals surface area contributed by atoms with Gasteiger partial charge in [0.2, 0.25) is 10.0 Å². The standard InChI is InChI=1S/C18H19N5O4S/c1-26-17-10-14(6-7-16(17)23-12-19-21-22-23)28(24,25)20-11-18-15-5-3-2-4-13(15)8-9-27-18/h2-7,10,12,18,20H,8-9,11H2,1H3/t18-/m0/s1. The first-order valence-electron chi connectivity index (χ1n) is 8.69. The fraction of sp³-hybridized carbons (Fsp3) is 0.278. The van der Waals surface area contributed by atoms with Crippen molar-refractivity contribution in [3.8, 4) is 11.4 Å². The van der Waals surface area contributed by atoms with Crippen LogP contribution in [0.1, 0.15) is 17.2 Å². The zero-order valence-electron chi connectivity index (χ0n) is 15.1. The van der Waals surface area contributed by atoms with E-state index in [1.807, 2.05) is 24.3 Å². The Morgan fingerprint density at radius 1 is 1.29 bits per heavy atom. The van der Waals surface area contributed by atoms with Gasteiger partial charge in [-0.3, -0.25) is 0 Å². The van der Waals surface area contributed by atoms with Crippen LogP contribution >= 0.6 is 0 Å². The minimum atomic E-state index is -3.75. The first kappa shape index (κ1) is 18.5. The third-order valence-electron chi connectivity index (χ3n) is 4.61. The second kappa shape index (κ2) is 7.66. The van der Waals surface area contributed by atoms with Gasteiger partial charge in [0.15, 0.2) is 0 Å². The number of benzene rings is 2. The van der Waals surface area contributed by atoms with Crippen LogP contribution in [0.2, 0.25) is 0 Å². The Labute approximate surface area is 162 Å². The minimum Gasteiger partial charge on any atom is -0.494 e. The number of ether oxygens (including phenoxy) is 2. The van der Waals surface area contributed by atoms with Gasteiger partial charge in [0.25, 0.3) is 0 Å². The lowest BCUT2D eigenvalue weighted by Gasteiger charge is -2.26. The molecular weight excluding hydrogens is 382 g/mol. The highest BCUT2D eigenvalue weighted by Gasteiger charge is 2.24. The zero-order valence-corrected chi connectivity index (χ0v) is 16.0. The average molecular weight is 401 g/mol. The number of hydrogen-bond donors (Lipinski definition) is 1. The Kier molecular flexibility index (Phi) is 5.07. The zero-order chi connectivity index (χ0) is 19.6. The van der Waals surface area contributed by atoms with Crippen LogP contribution < -0.4 is 9.46 Å². The van der Waals surface area contributed by atoms with Crippen LogP contribution in [0, 0.1) is 0 Å². The van der Waals surface area contributed by atoms with Crippen molar-refractivity contribution in [3.05, 3.63) is 59.9 Å². The molecule has 0 radical (unpaired) electrons. The third kappa shape index (κ3) is 3.61. The predicted octanol–water partition coefficient (Wildman–Crippen LogP) is 1.26. The molecule has 2 heterocycles. The molecule has 0 unspecified atom stereocenters. The van der Waals surface area contributed by atoms with Crippen LogP contribution in [-0.4, -0.2) is 48.9 Å². The summed E-state index contributed by atoms with van der Waals surface area (Å²) in [7, 11) is -2.29. The molecule has 3 aromatic rings. The van der Waals surface area contributed by atoms with Crippen molar-refractivity contribution >= 4 is 10.0 Å². The SMILES string of the molecule is COc1cc(S(=O)(=O)NC[C@@H]2OCCc3ccccc32)ccc1-n1cnnn1. The molecule has 0 amide bonds. The van der Waals surface area contributed by atoms with E-state index in [1.54, 1.807) is 6.07 Å². The van der Waals surface area contributed by atoms with Gasteiger partial charge >= 0.3 is 0 Å². The van der Waals surface area contributed by atoms with Crippen LogP contribution in [0.25, 0.3) is 5.69 Å². The van der Waals surface area contributed by atoms with Gasteiger partial charge in [-0.15, -0.1) is 5.10 Å². The molecule has 10 heteroatoms. The molecule has 1 N–H and O–H groups in total. The largest absolute Gasteiger partial charge is 0.494 e. The maximum Gasteiger partial charge on any atom is 0.240 e. The van der Waals surface area contributed by atoms with Gasteiger partial charge in [-0.05, 0) is 40.1 Å². The number of methoxy groups -OCH3 is 1. The molecular formula is C18H19N5O4S. The lowest BCUT2D eigenvalue weighted by Crippen LogP contribution is -2.32. The molecule has 146 valence electrons. The molecule has 2 aromatic carbocycles. The molecule has 1 aliphatic heterocycles. The number of tetrazole rings is 1. The molecule has 1 atom stereocenters. The van der Waals surface area contributed by atoms with Crippen LogP contribution in [0.3, 0.4) is 0 Å². The third-order valence-corrected chi connectivity index (χ3v) is 6.03. The van der Waals surface area contributed by atoms with E-state index in [0.29, 0.717) is 18.0 Å². The maximum atomic E-state index is 12.8. The number of sulfonamides is 1. The van der Waals surface area contributed by atoms with Crippen LogP contribution in [0.4, 0.5) is 0 Å².